The maximum atomic E-state index is 12.1. The molecule has 0 aliphatic carbocycles. The van der Waals surface area contributed by atoms with Crippen molar-refractivity contribution in [2.75, 3.05) is 11.3 Å². The van der Waals surface area contributed by atoms with Crippen molar-refractivity contribution in [1.29, 1.82) is 0 Å². The van der Waals surface area contributed by atoms with Gasteiger partial charge in [-0.05, 0) is 6.07 Å². The highest BCUT2D eigenvalue weighted by Crippen LogP contribution is 2.35. The molecule has 10 heteroatoms. The smallest absolute Gasteiger partial charge is 0.266 e. The summed E-state index contributed by atoms with van der Waals surface area (Å²) in [4.78, 5) is 4.47. The van der Waals surface area contributed by atoms with Crippen LogP contribution in [0.3, 0.4) is 0 Å². The van der Waals surface area contributed by atoms with Gasteiger partial charge in [-0.2, -0.15) is 0 Å². The molecular weight excluding hydrogens is 361 g/mol. The predicted molar refractivity (Wildman–Crippen MR) is 83.2 cm³/mol. The Morgan fingerprint density at radius 2 is 2.15 bits per heavy atom. The van der Waals surface area contributed by atoms with Crippen molar-refractivity contribution in [3.8, 4) is 11.8 Å². The van der Waals surface area contributed by atoms with E-state index in [1.807, 2.05) is 0 Å². The van der Waals surface area contributed by atoms with Crippen LogP contribution in [0.1, 0.15) is 4.88 Å². The molecule has 0 bridgehead atoms. The first-order valence-corrected chi connectivity index (χ1v) is 8.92. The van der Waals surface area contributed by atoms with Gasteiger partial charge < -0.3 is 5.73 Å². The summed E-state index contributed by atoms with van der Waals surface area (Å²) in [6.45, 7) is 0.224. The monoisotopic (exact) mass is 367 g/mol. The zero-order chi connectivity index (χ0) is 14.8. The lowest BCUT2D eigenvalue weighted by molar-refractivity contribution is 0.601. The number of nitrogens with two attached hydrogens (primary N) is 1. The molecule has 2 aromatic rings. The molecule has 0 aliphatic rings. The topological polar surface area (TPSA) is 85.1 Å². The molecule has 106 valence electrons. The van der Waals surface area contributed by atoms with Crippen molar-refractivity contribution < 1.29 is 8.42 Å². The van der Waals surface area contributed by atoms with Crippen LogP contribution in [0.2, 0.25) is 8.67 Å². The van der Waals surface area contributed by atoms with Crippen LogP contribution in [-0.2, 0) is 10.0 Å². The summed E-state index contributed by atoms with van der Waals surface area (Å²) in [5, 5.41) is 0.199. The third kappa shape index (κ3) is 3.63. The summed E-state index contributed by atoms with van der Waals surface area (Å²) in [5.41, 5.74) is 5.25. The third-order valence-electron chi connectivity index (χ3n) is 1.96. The maximum absolute atomic E-state index is 12.1. The molecule has 0 atom stereocenters. The van der Waals surface area contributed by atoms with E-state index in [1.165, 1.54) is 12.3 Å². The minimum Gasteiger partial charge on any atom is -0.320 e. The number of nitrogens with one attached hydrogen (secondary N) is 1. The molecule has 0 saturated carbocycles. The Kier molecular flexibility index (Phi) is 4.90. The molecule has 0 unspecified atom stereocenters. The number of thiophene rings is 1. The van der Waals surface area contributed by atoms with Crippen LogP contribution in [0.25, 0.3) is 0 Å². The Balaban J connectivity index is 2.24. The van der Waals surface area contributed by atoms with E-state index >= 15 is 0 Å². The fraction of sp³-hybridized carbons (Fsp3) is 0.100. The summed E-state index contributed by atoms with van der Waals surface area (Å²) in [5.74, 6) is 5.43. The first-order valence-electron chi connectivity index (χ1n) is 5.05. The summed E-state index contributed by atoms with van der Waals surface area (Å²) in [6, 6.07) is 1.29. The number of thiazole rings is 1. The zero-order valence-electron chi connectivity index (χ0n) is 9.68. The van der Waals surface area contributed by atoms with E-state index in [-0.39, 0.29) is 20.9 Å². The van der Waals surface area contributed by atoms with Crippen molar-refractivity contribution in [3.63, 3.8) is 0 Å². The standard InChI is InChI=1S/C10H7Cl2N3O2S3/c11-8-4-7(9(12)19-8)20(16,17)15-10-14-5-6(18-10)2-1-3-13/h4-5H,3,13H2,(H,14,15). The summed E-state index contributed by atoms with van der Waals surface area (Å²) >= 11 is 13.7. The van der Waals surface area contributed by atoms with Crippen molar-refractivity contribution >= 4 is 61.0 Å². The number of halogens is 2. The number of aromatic nitrogens is 1. The van der Waals surface area contributed by atoms with Gasteiger partial charge in [0.05, 0.1) is 22.0 Å². The Labute approximate surface area is 133 Å². The van der Waals surface area contributed by atoms with Crippen LogP contribution in [-0.4, -0.2) is 19.9 Å². The molecule has 0 amide bonds. The van der Waals surface area contributed by atoms with Gasteiger partial charge in [0.15, 0.2) is 5.13 Å². The molecule has 0 spiro atoms. The predicted octanol–water partition coefficient (Wildman–Crippen LogP) is 2.62. The lowest BCUT2D eigenvalue weighted by Gasteiger charge is -2.02. The van der Waals surface area contributed by atoms with Gasteiger partial charge in [-0.15, -0.1) is 11.3 Å². The van der Waals surface area contributed by atoms with E-state index in [9.17, 15) is 8.42 Å². The molecule has 2 heterocycles. The molecule has 0 aliphatic heterocycles. The highest BCUT2D eigenvalue weighted by atomic mass is 35.5. The SMILES string of the molecule is NCC#Cc1cnc(NS(=O)(=O)c2cc(Cl)sc2Cl)s1. The van der Waals surface area contributed by atoms with Crippen molar-refractivity contribution in [3.05, 3.63) is 25.8 Å². The van der Waals surface area contributed by atoms with E-state index in [0.29, 0.717) is 9.21 Å². The van der Waals surface area contributed by atoms with Gasteiger partial charge in [0, 0.05) is 0 Å². The second-order valence-electron chi connectivity index (χ2n) is 3.33. The molecule has 2 aromatic heterocycles. The number of hydrogen-bond donors (Lipinski definition) is 2. The molecule has 0 aromatic carbocycles. The van der Waals surface area contributed by atoms with Crippen LogP contribution in [0, 0.1) is 11.8 Å². The van der Waals surface area contributed by atoms with Crippen LogP contribution in [0.5, 0.6) is 0 Å². The fourth-order valence-corrected chi connectivity index (χ4v) is 5.28. The van der Waals surface area contributed by atoms with Crippen LogP contribution >= 0.6 is 45.9 Å². The third-order valence-corrected chi connectivity index (χ3v) is 6.01. The summed E-state index contributed by atoms with van der Waals surface area (Å²) in [6.07, 6.45) is 1.47. The lowest BCUT2D eigenvalue weighted by atomic mass is 10.5. The van der Waals surface area contributed by atoms with E-state index in [2.05, 4.69) is 21.5 Å². The van der Waals surface area contributed by atoms with Crippen LogP contribution in [0.15, 0.2) is 17.2 Å². The number of rotatable bonds is 3. The highest BCUT2D eigenvalue weighted by Gasteiger charge is 2.22. The number of sulfonamides is 1. The van der Waals surface area contributed by atoms with Gasteiger partial charge in [0.2, 0.25) is 0 Å². The molecule has 0 fully saturated rings. The van der Waals surface area contributed by atoms with E-state index in [4.69, 9.17) is 28.9 Å². The van der Waals surface area contributed by atoms with E-state index in [0.717, 1.165) is 22.7 Å². The molecule has 0 saturated heterocycles. The van der Waals surface area contributed by atoms with Gasteiger partial charge in [-0.25, -0.2) is 13.4 Å². The molecule has 0 radical (unpaired) electrons. The normalized spacial score (nSPS) is 10.9. The maximum Gasteiger partial charge on any atom is 0.266 e. The molecule has 2 rings (SSSR count). The zero-order valence-corrected chi connectivity index (χ0v) is 13.6. The van der Waals surface area contributed by atoms with Crippen molar-refractivity contribution in [2.24, 2.45) is 5.73 Å². The molecule has 20 heavy (non-hydrogen) atoms. The quantitative estimate of drug-likeness (QED) is 0.816. The van der Waals surface area contributed by atoms with E-state index < -0.39 is 10.0 Å². The highest BCUT2D eigenvalue weighted by molar-refractivity contribution is 7.93. The van der Waals surface area contributed by atoms with E-state index in [1.54, 1.807) is 0 Å². The number of nitrogens with zero attached hydrogens (tertiary/aromatic N) is 1. The van der Waals surface area contributed by atoms with Crippen molar-refractivity contribution in [2.45, 2.75) is 4.90 Å². The Hall–Kier alpha value is -0.820. The number of hydrogen-bond acceptors (Lipinski definition) is 6. The van der Waals surface area contributed by atoms with Gasteiger partial charge in [0.25, 0.3) is 10.0 Å². The largest absolute Gasteiger partial charge is 0.320 e. The Bertz CT molecular complexity index is 786. The molecule has 5 nitrogen and oxygen atoms in total. The minimum atomic E-state index is -3.81. The van der Waals surface area contributed by atoms with Gasteiger partial charge >= 0.3 is 0 Å². The minimum absolute atomic E-state index is 0.0704. The average Bonchev–Trinajstić information content (AvgIpc) is 2.93. The molecular formula is C10H7Cl2N3O2S3. The van der Waals surface area contributed by atoms with Crippen molar-refractivity contribution in [1.82, 2.24) is 4.98 Å². The summed E-state index contributed by atoms with van der Waals surface area (Å²) in [7, 11) is -3.81. The Morgan fingerprint density at radius 1 is 1.40 bits per heavy atom. The Morgan fingerprint density at radius 3 is 2.75 bits per heavy atom. The fourth-order valence-electron chi connectivity index (χ4n) is 1.20. The lowest BCUT2D eigenvalue weighted by Crippen LogP contribution is -2.12. The summed E-state index contributed by atoms with van der Waals surface area (Å²) < 4.78 is 27.0. The van der Waals surface area contributed by atoms with Gasteiger partial charge in [0.1, 0.15) is 9.23 Å². The van der Waals surface area contributed by atoms with Gasteiger partial charge in [-0.3, -0.25) is 4.72 Å². The van der Waals surface area contributed by atoms with Crippen LogP contribution in [0.4, 0.5) is 5.13 Å². The molecule has 3 N–H and O–H groups in total. The first-order chi connectivity index (χ1) is 9.42. The van der Waals surface area contributed by atoms with Crippen LogP contribution < -0.4 is 10.5 Å². The first kappa shape index (κ1) is 15.6. The second-order valence-corrected chi connectivity index (χ2v) is 8.30. The average molecular weight is 368 g/mol. The second kappa shape index (κ2) is 6.30. The van der Waals surface area contributed by atoms with Gasteiger partial charge in [-0.1, -0.05) is 46.4 Å². The number of anilines is 1.